The van der Waals surface area contributed by atoms with Gasteiger partial charge in [-0.05, 0) is 12.8 Å². The first kappa shape index (κ1) is 15.0. The predicted molar refractivity (Wildman–Crippen MR) is 77.2 cm³/mol. The normalized spacial score (nSPS) is 24.4. The molecular formula is C14H21N5O3. The molecule has 3 rings (SSSR count). The zero-order valence-electron chi connectivity index (χ0n) is 12.4. The molecule has 1 aliphatic carbocycles. The van der Waals surface area contributed by atoms with Crippen LogP contribution in [0.4, 0.5) is 0 Å². The standard InChI is InChI=1S/C14H21N5O3/c20-13(12-7-15-17-16-12)19-6-5-18(11-3-1-2-4-11)8-10(9-19)14(21)22/h7,10-11H,1-6,8-9H2,(H,21,22)(H,15,16,17)/t10-/m0/s1. The van der Waals surface area contributed by atoms with E-state index in [4.69, 9.17) is 0 Å². The van der Waals surface area contributed by atoms with Gasteiger partial charge < -0.3 is 10.0 Å². The van der Waals surface area contributed by atoms with Gasteiger partial charge in [0.15, 0.2) is 5.69 Å². The van der Waals surface area contributed by atoms with Crippen LogP contribution in [0.5, 0.6) is 0 Å². The molecule has 1 atom stereocenters. The lowest BCUT2D eigenvalue weighted by molar-refractivity contribution is -0.142. The molecule has 0 radical (unpaired) electrons. The summed E-state index contributed by atoms with van der Waals surface area (Å²) in [7, 11) is 0. The van der Waals surface area contributed by atoms with Crippen molar-refractivity contribution in [2.24, 2.45) is 5.92 Å². The van der Waals surface area contributed by atoms with E-state index in [9.17, 15) is 14.7 Å². The summed E-state index contributed by atoms with van der Waals surface area (Å²) in [4.78, 5) is 27.8. The summed E-state index contributed by atoms with van der Waals surface area (Å²) < 4.78 is 0. The quantitative estimate of drug-likeness (QED) is 0.827. The van der Waals surface area contributed by atoms with E-state index in [1.807, 2.05) is 0 Å². The van der Waals surface area contributed by atoms with Crippen LogP contribution >= 0.6 is 0 Å². The van der Waals surface area contributed by atoms with Crippen molar-refractivity contribution in [2.75, 3.05) is 26.2 Å². The molecule has 8 heteroatoms. The molecule has 120 valence electrons. The molecular weight excluding hydrogens is 286 g/mol. The zero-order valence-corrected chi connectivity index (χ0v) is 12.4. The number of nitrogens with one attached hydrogen (secondary N) is 1. The summed E-state index contributed by atoms with van der Waals surface area (Å²) in [6.45, 7) is 2.00. The summed E-state index contributed by atoms with van der Waals surface area (Å²) >= 11 is 0. The lowest BCUT2D eigenvalue weighted by atomic mass is 10.1. The Hall–Kier alpha value is -1.96. The monoisotopic (exact) mass is 307 g/mol. The maximum absolute atomic E-state index is 12.4. The van der Waals surface area contributed by atoms with Crippen LogP contribution < -0.4 is 0 Å². The number of aromatic amines is 1. The number of amides is 1. The average molecular weight is 307 g/mol. The molecule has 1 aromatic heterocycles. The first-order valence-corrected chi connectivity index (χ1v) is 7.77. The van der Waals surface area contributed by atoms with Gasteiger partial charge in [0.1, 0.15) is 0 Å². The molecule has 2 heterocycles. The highest BCUT2D eigenvalue weighted by Gasteiger charge is 2.34. The van der Waals surface area contributed by atoms with Crippen LogP contribution in [0, 0.1) is 5.92 Å². The van der Waals surface area contributed by atoms with E-state index in [1.165, 1.54) is 19.0 Å². The fraction of sp³-hybridized carbons (Fsp3) is 0.714. The third-order valence-corrected chi connectivity index (χ3v) is 4.66. The number of aromatic nitrogens is 3. The molecule has 1 saturated carbocycles. The van der Waals surface area contributed by atoms with Crippen LogP contribution in [0.15, 0.2) is 6.20 Å². The van der Waals surface area contributed by atoms with Crippen molar-refractivity contribution in [2.45, 2.75) is 31.7 Å². The van der Waals surface area contributed by atoms with Crippen molar-refractivity contribution in [3.05, 3.63) is 11.9 Å². The van der Waals surface area contributed by atoms with Gasteiger partial charge >= 0.3 is 5.97 Å². The van der Waals surface area contributed by atoms with Gasteiger partial charge in [0, 0.05) is 32.2 Å². The molecule has 0 spiro atoms. The molecule has 0 unspecified atom stereocenters. The summed E-state index contributed by atoms with van der Waals surface area (Å²) in [5.74, 6) is -1.66. The average Bonchev–Trinajstić information content (AvgIpc) is 3.16. The fourth-order valence-corrected chi connectivity index (χ4v) is 3.45. The molecule has 2 fully saturated rings. The minimum absolute atomic E-state index is 0.226. The summed E-state index contributed by atoms with van der Waals surface area (Å²) in [5.41, 5.74) is 0.235. The van der Waals surface area contributed by atoms with Gasteiger partial charge in [-0.25, -0.2) is 0 Å². The van der Waals surface area contributed by atoms with E-state index in [1.54, 1.807) is 4.90 Å². The van der Waals surface area contributed by atoms with Crippen LogP contribution in [-0.2, 0) is 4.79 Å². The Balaban J connectivity index is 1.73. The number of carboxylic acid groups (broad SMARTS) is 1. The predicted octanol–water partition coefficient (Wildman–Crippen LogP) is 0.206. The SMILES string of the molecule is O=C(O)[C@@H]1CN(C(=O)c2cn[nH]n2)CCN(C2CCCC2)C1. The number of rotatable bonds is 3. The highest BCUT2D eigenvalue weighted by atomic mass is 16.4. The molecule has 2 N–H and O–H groups in total. The van der Waals surface area contributed by atoms with Crippen molar-refractivity contribution >= 4 is 11.9 Å². The maximum Gasteiger partial charge on any atom is 0.309 e. The van der Waals surface area contributed by atoms with Gasteiger partial charge in [-0.15, -0.1) is 0 Å². The minimum atomic E-state index is -0.845. The van der Waals surface area contributed by atoms with Crippen LogP contribution in [-0.4, -0.2) is 74.4 Å². The van der Waals surface area contributed by atoms with Crippen molar-refractivity contribution in [1.29, 1.82) is 0 Å². The van der Waals surface area contributed by atoms with Crippen LogP contribution in [0.2, 0.25) is 0 Å². The number of hydrogen-bond donors (Lipinski definition) is 2. The van der Waals surface area contributed by atoms with Gasteiger partial charge in [-0.3, -0.25) is 14.5 Å². The number of hydrogen-bond acceptors (Lipinski definition) is 5. The number of carboxylic acids is 1. The Morgan fingerprint density at radius 1 is 1.23 bits per heavy atom. The summed E-state index contributed by atoms with van der Waals surface area (Å²) in [6.07, 6.45) is 6.05. The van der Waals surface area contributed by atoms with Gasteiger partial charge in [-0.2, -0.15) is 15.4 Å². The Morgan fingerprint density at radius 3 is 2.64 bits per heavy atom. The van der Waals surface area contributed by atoms with Crippen LogP contribution in [0.25, 0.3) is 0 Å². The molecule has 0 aromatic carbocycles. The largest absolute Gasteiger partial charge is 0.481 e. The topological polar surface area (TPSA) is 102 Å². The van der Waals surface area contributed by atoms with Gasteiger partial charge in [-0.1, -0.05) is 12.8 Å². The van der Waals surface area contributed by atoms with Gasteiger partial charge in [0.25, 0.3) is 5.91 Å². The molecule has 1 aromatic rings. The van der Waals surface area contributed by atoms with Crippen molar-refractivity contribution in [3.8, 4) is 0 Å². The first-order chi connectivity index (χ1) is 10.6. The Kier molecular flexibility index (Phi) is 4.37. The number of carbonyl (C=O) groups is 2. The minimum Gasteiger partial charge on any atom is -0.481 e. The Labute approximate surface area is 128 Å². The summed E-state index contributed by atoms with van der Waals surface area (Å²) in [6, 6.07) is 0.462. The van der Waals surface area contributed by atoms with Crippen molar-refractivity contribution in [1.82, 2.24) is 25.2 Å². The van der Waals surface area contributed by atoms with E-state index in [0.717, 1.165) is 19.4 Å². The maximum atomic E-state index is 12.4. The van der Waals surface area contributed by atoms with Crippen molar-refractivity contribution < 1.29 is 14.7 Å². The molecule has 22 heavy (non-hydrogen) atoms. The third kappa shape index (κ3) is 3.11. The van der Waals surface area contributed by atoms with Gasteiger partial charge in [0.05, 0.1) is 12.1 Å². The molecule has 2 aliphatic rings. The van der Waals surface area contributed by atoms with E-state index >= 15 is 0 Å². The third-order valence-electron chi connectivity index (χ3n) is 4.66. The Bertz CT molecular complexity index is 527. The van der Waals surface area contributed by atoms with E-state index in [-0.39, 0.29) is 18.1 Å². The van der Waals surface area contributed by atoms with Crippen LogP contribution in [0.3, 0.4) is 0 Å². The van der Waals surface area contributed by atoms with E-state index in [0.29, 0.717) is 19.1 Å². The fourth-order valence-electron chi connectivity index (χ4n) is 3.45. The first-order valence-electron chi connectivity index (χ1n) is 7.77. The highest BCUT2D eigenvalue weighted by molar-refractivity contribution is 5.92. The van der Waals surface area contributed by atoms with Gasteiger partial charge in [0.2, 0.25) is 0 Å². The number of aliphatic carboxylic acids is 1. The molecule has 1 aliphatic heterocycles. The molecule has 1 amide bonds. The second kappa shape index (κ2) is 6.43. The lowest BCUT2D eigenvalue weighted by Crippen LogP contribution is -2.39. The van der Waals surface area contributed by atoms with E-state index in [2.05, 4.69) is 20.3 Å². The molecule has 1 saturated heterocycles. The second-order valence-corrected chi connectivity index (χ2v) is 6.07. The van der Waals surface area contributed by atoms with Crippen molar-refractivity contribution in [3.63, 3.8) is 0 Å². The zero-order chi connectivity index (χ0) is 15.5. The number of nitrogens with zero attached hydrogens (tertiary/aromatic N) is 4. The van der Waals surface area contributed by atoms with E-state index < -0.39 is 11.9 Å². The molecule has 8 nitrogen and oxygen atoms in total. The molecule has 0 bridgehead atoms. The van der Waals surface area contributed by atoms with Crippen LogP contribution in [0.1, 0.15) is 36.2 Å². The number of H-pyrrole nitrogens is 1. The number of carbonyl (C=O) groups excluding carboxylic acids is 1. The summed E-state index contributed by atoms with van der Waals surface area (Å²) in [5, 5.41) is 19.3. The lowest BCUT2D eigenvalue weighted by Gasteiger charge is -2.28. The highest BCUT2D eigenvalue weighted by Crippen LogP contribution is 2.25. The Morgan fingerprint density at radius 2 is 2.00 bits per heavy atom. The second-order valence-electron chi connectivity index (χ2n) is 6.07. The smallest absolute Gasteiger partial charge is 0.309 e.